The SMILES string of the molecule is O=C(CC1(c2ccccc2)C2CC3CC1CC(C2)C3O)NCCN1CCOCC1. The Bertz CT molecular complexity index is 686. The van der Waals surface area contributed by atoms with Gasteiger partial charge in [-0.05, 0) is 54.9 Å². The van der Waals surface area contributed by atoms with Crippen LogP contribution in [0.25, 0.3) is 0 Å². The van der Waals surface area contributed by atoms with Crippen LogP contribution in [0.3, 0.4) is 0 Å². The predicted molar refractivity (Wildman–Crippen MR) is 111 cm³/mol. The first-order chi connectivity index (χ1) is 14.2. The van der Waals surface area contributed by atoms with Crippen molar-refractivity contribution in [2.24, 2.45) is 23.7 Å². The van der Waals surface area contributed by atoms with E-state index in [1.165, 1.54) is 5.56 Å². The number of hydrogen-bond donors (Lipinski definition) is 2. The van der Waals surface area contributed by atoms with Gasteiger partial charge in [0, 0.05) is 38.0 Å². The molecule has 4 saturated carbocycles. The Morgan fingerprint density at radius 3 is 2.31 bits per heavy atom. The maximum Gasteiger partial charge on any atom is 0.220 e. The number of rotatable bonds is 6. The van der Waals surface area contributed by atoms with Crippen molar-refractivity contribution in [3.63, 3.8) is 0 Å². The molecule has 0 atom stereocenters. The van der Waals surface area contributed by atoms with Gasteiger partial charge in [0.1, 0.15) is 0 Å². The fourth-order valence-electron chi connectivity index (χ4n) is 7.08. The summed E-state index contributed by atoms with van der Waals surface area (Å²) in [6.07, 6.45) is 4.77. The molecule has 5 heteroatoms. The summed E-state index contributed by atoms with van der Waals surface area (Å²) in [5, 5.41) is 13.8. The van der Waals surface area contributed by atoms with Gasteiger partial charge in [-0.3, -0.25) is 9.69 Å². The molecule has 1 amide bonds. The maximum absolute atomic E-state index is 13.1. The van der Waals surface area contributed by atoms with Crippen LogP contribution < -0.4 is 5.32 Å². The summed E-state index contributed by atoms with van der Waals surface area (Å²) in [6.45, 7) is 5.11. The highest BCUT2D eigenvalue weighted by Crippen LogP contribution is 2.64. The first-order valence-electron chi connectivity index (χ1n) is 11.5. The van der Waals surface area contributed by atoms with E-state index in [1.807, 2.05) is 0 Å². The van der Waals surface area contributed by atoms with E-state index < -0.39 is 0 Å². The molecule has 1 aromatic rings. The third-order valence-corrected chi connectivity index (χ3v) is 8.39. The van der Waals surface area contributed by atoms with Crippen molar-refractivity contribution in [3.05, 3.63) is 35.9 Å². The summed E-state index contributed by atoms with van der Waals surface area (Å²) >= 11 is 0. The van der Waals surface area contributed by atoms with Gasteiger partial charge in [-0.15, -0.1) is 0 Å². The zero-order valence-corrected chi connectivity index (χ0v) is 17.3. The van der Waals surface area contributed by atoms with Crippen LogP contribution in [0.15, 0.2) is 30.3 Å². The fourth-order valence-corrected chi connectivity index (χ4v) is 7.08. The Kier molecular flexibility index (Phi) is 5.39. The summed E-state index contributed by atoms with van der Waals surface area (Å²) in [4.78, 5) is 15.5. The number of benzene rings is 1. The molecule has 5 fully saturated rings. The van der Waals surface area contributed by atoms with Crippen molar-refractivity contribution in [1.29, 1.82) is 0 Å². The molecule has 29 heavy (non-hydrogen) atoms. The third-order valence-electron chi connectivity index (χ3n) is 8.39. The number of nitrogens with one attached hydrogen (secondary N) is 1. The van der Waals surface area contributed by atoms with Crippen LogP contribution in [0, 0.1) is 23.7 Å². The zero-order valence-electron chi connectivity index (χ0n) is 17.3. The number of aliphatic hydroxyl groups is 1. The minimum absolute atomic E-state index is 0.0581. The Labute approximate surface area is 173 Å². The standard InChI is InChI=1S/C24H34N2O3/c27-22(25-6-7-26-8-10-29-11-9-26)16-24(19-4-2-1-3-5-19)20-12-17-13-21(24)15-18(14-20)23(17)28/h1-5,17-18,20-21,23,28H,6-16H2,(H,25,27). The minimum Gasteiger partial charge on any atom is -0.393 e. The van der Waals surface area contributed by atoms with Gasteiger partial charge >= 0.3 is 0 Å². The van der Waals surface area contributed by atoms with Crippen LogP contribution >= 0.6 is 0 Å². The van der Waals surface area contributed by atoms with Crippen molar-refractivity contribution in [2.45, 2.75) is 43.6 Å². The van der Waals surface area contributed by atoms with E-state index in [-0.39, 0.29) is 17.4 Å². The van der Waals surface area contributed by atoms with Crippen LogP contribution in [0.2, 0.25) is 0 Å². The lowest BCUT2D eigenvalue weighted by Gasteiger charge is -2.63. The van der Waals surface area contributed by atoms with E-state index in [0.29, 0.717) is 36.6 Å². The molecule has 0 aromatic heterocycles. The highest BCUT2D eigenvalue weighted by molar-refractivity contribution is 5.78. The molecule has 0 radical (unpaired) electrons. The second-order valence-electron chi connectivity index (χ2n) is 9.73. The van der Waals surface area contributed by atoms with Crippen LogP contribution in [-0.4, -0.2) is 61.4 Å². The Hall–Kier alpha value is -1.43. The van der Waals surface area contributed by atoms with E-state index in [2.05, 4.69) is 40.5 Å². The highest BCUT2D eigenvalue weighted by Gasteiger charge is 2.60. The maximum atomic E-state index is 13.1. The molecular formula is C24H34N2O3. The Morgan fingerprint density at radius 1 is 1.07 bits per heavy atom. The van der Waals surface area contributed by atoms with Gasteiger partial charge in [-0.2, -0.15) is 0 Å². The molecule has 1 aliphatic heterocycles. The average molecular weight is 399 g/mol. The van der Waals surface area contributed by atoms with Gasteiger partial charge in [0.05, 0.1) is 19.3 Å². The summed E-state index contributed by atoms with van der Waals surface area (Å²) in [5.74, 6) is 2.11. The number of amides is 1. The quantitative estimate of drug-likeness (QED) is 0.771. The average Bonchev–Trinajstić information content (AvgIpc) is 2.74. The third kappa shape index (κ3) is 3.51. The van der Waals surface area contributed by atoms with Gasteiger partial charge in [-0.25, -0.2) is 0 Å². The number of ether oxygens (including phenoxy) is 1. The van der Waals surface area contributed by atoms with Gasteiger partial charge in [0.15, 0.2) is 0 Å². The Morgan fingerprint density at radius 2 is 1.69 bits per heavy atom. The van der Waals surface area contributed by atoms with Crippen molar-refractivity contribution in [3.8, 4) is 0 Å². The highest BCUT2D eigenvalue weighted by atomic mass is 16.5. The van der Waals surface area contributed by atoms with Crippen LogP contribution in [0.5, 0.6) is 0 Å². The molecule has 5 aliphatic rings. The first kappa shape index (κ1) is 19.5. The molecule has 4 bridgehead atoms. The van der Waals surface area contributed by atoms with Gasteiger partial charge < -0.3 is 15.2 Å². The lowest BCUT2D eigenvalue weighted by Crippen LogP contribution is -2.61. The molecule has 0 spiro atoms. The van der Waals surface area contributed by atoms with E-state index in [9.17, 15) is 9.90 Å². The molecular weight excluding hydrogens is 364 g/mol. The number of nitrogens with zero attached hydrogens (tertiary/aromatic N) is 1. The molecule has 6 rings (SSSR count). The molecule has 2 N–H and O–H groups in total. The molecule has 4 aliphatic carbocycles. The molecule has 1 heterocycles. The summed E-state index contributed by atoms with van der Waals surface area (Å²) in [6, 6.07) is 10.8. The number of aliphatic hydroxyl groups excluding tert-OH is 1. The summed E-state index contributed by atoms with van der Waals surface area (Å²) in [7, 11) is 0. The van der Waals surface area contributed by atoms with E-state index in [1.54, 1.807) is 0 Å². The van der Waals surface area contributed by atoms with Gasteiger partial charge in [0.2, 0.25) is 5.91 Å². The van der Waals surface area contributed by atoms with Crippen molar-refractivity contribution in [1.82, 2.24) is 10.2 Å². The minimum atomic E-state index is -0.112. The molecule has 1 aromatic carbocycles. The topological polar surface area (TPSA) is 61.8 Å². The molecule has 5 nitrogen and oxygen atoms in total. The predicted octanol–water partition coefficient (Wildman–Crippen LogP) is 2.19. The first-order valence-corrected chi connectivity index (χ1v) is 11.5. The van der Waals surface area contributed by atoms with E-state index in [4.69, 9.17) is 4.74 Å². The fraction of sp³-hybridized carbons (Fsp3) is 0.708. The van der Waals surface area contributed by atoms with E-state index >= 15 is 0 Å². The largest absolute Gasteiger partial charge is 0.393 e. The number of hydrogen-bond acceptors (Lipinski definition) is 4. The van der Waals surface area contributed by atoms with Gasteiger partial charge in [0.25, 0.3) is 0 Å². The normalized spacial score (nSPS) is 38.9. The second kappa shape index (κ2) is 8.01. The molecule has 1 saturated heterocycles. The second-order valence-corrected chi connectivity index (χ2v) is 9.73. The summed E-state index contributed by atoms with van der Waals surface area (Å²) in [5.41, 5.74) is 1.28. The summed E-state index contributed by atoms with van der Waals surface area (Å²) < 4.78 is 5.41. The number of carbonyl (C=O) groups is 1. The smallest absolute Gasteiger partial charge is 0.220 e. The van der Waals surface area contributed by atoms with Gasteiger partial charge in [-0.1, -0.05) is 30.3 Å². The Balaban J connectivity index is 1.31. The van der Waals surface area contributed by atoms with Crippen molar-refractivity contribution in [2.75, 3.05) is 39.4 Å². The number of carbonyl (C=O) groups excluding carboxylic acids is 1. The lowest BCUT2D eigenvalue weighted by molar-refractivity contribution is -0.147. The van der Waals surface area contributed by atoms with Crippen LogP contribution in [0.4, 0.5) is 0 Å². The van der Waals surface area contributed by atoms with Crippen molar-refractivity contribution >= 4 is 5.91 Å². The monoisotopic (exact) mass is 398 g/mol. The lowest BCUT2D eigenvalue weighted by atomic mass is 9.42. The van der Waals surface area contributed by atoms with Crippen LogP contribution in [0.1, 0.15) is 37.7 Å². The van der Waals surface area contributed by atoms with E-state index in [0.717, 1.165) is 58.5 Å². The zero-order chi connectivity index (χ0) is 19.8. The number of morpholine rings is 1. The van der Waals surface area contributed by atoms with Crippen molar-refractivity contribution < 1.29 is 14.6 Å². The van der Waals surface area contributed by atoms with Crippen LogP contribution in [-0.2, 0) is 14.9 Å². The molecule has 0 unspecified atom stereocenters. The molecule has 158 valence electrons.